The van der Waals surface area contributed by atoms with E-state index < -0.39 is 17.5 Å². The molecule has 3 fully saturated rings. The Morgan fingerprint density at radius 3 is 2.72 bits per heavy atom. The second-order valence-electron chi connectivity index (χ2n) is 7.61. The number of amides is 4. The van der Waals surface area contributed by atoms with Gasteiger partial charge in [-0.3, -0.25) is 14.9 Å². The Labute approximate surface area is 147 Å². The molecule has 140 valence electrons. The number of imide groups is 1. The monoisotopic (exact) mass is 353 g/mol. The first-order valence-corrected chi connectivity index (χ1v) is 8.99. The minimum Gasteiger partial charge on any atom is -0.379 e. The lowest BCUT2D eigenvalue weighted by atomic mass is 9.86. The van der Waals surface area contributed by atoms with Crippen LogP contribution in [0.2, 0.25) is 0 Å². The number of ether oxygens (including phenoxy) is 2. The molecule has 0 spiro atoms. The standard InChI is InChI=1S/C17H27N3O5/c1-17(2)15(22)19-16(23)20(17)8-14(21)18-12-6-7-24-10-13(12)25-9-11-4-3-5-11/h11-13H,3-10H2,1-2H3,(H,18,21)(H,19,22,23)/t12-,13-/m1/s1. The molecule has 0 aromatic heterocycles. The van der Waals surface area contributed by atoms with Crippen LogP contribution in [0.4, 0.5) is 4.79 Å². The van der Waals surface area contributed by atoms with E-state index in [1.165, 1.54) is 24.2 Å². The molecule has 4 amide bonds. The van der Waals surface area contributed by atoms with Gasteiger partial charge in [0.05, 0.1) is 12.6 Å². The fourth-order valence-electron chi connectivity index (χ4n) is 3.32. The third-order valence-electron chi connectivity index (χ3n) is 5.42. The van der Waals surface area contributed by atoms with Crippen molar-refractivity contribution in [3.05, 3.63) is 0 Å². The zero-order valence-electron chi connectivity index (χ0n) is 14.9. The number of nitrogens with one attached hydrogen (secondary N) is 2. The molecule has 0 unspecified atom stereocenters. The van der Waals surface area contributed by atoms with Gasteiger partial charge in [-0.25, -0.2) is 4.79 Å². The molecule has 2 atom stereocenters. The summed E-state index contributed by atoms with van der Waals surface area (Å²) >= 11 is 0. The molecule has 8 nitrogen and oxygen atoms in total. The molecule has 8 heteroatoms. The third kappa shape index (κ3) is 3.95. The lowest BCUT2D eigenvalue weighted by molar-refractivity contribution is -0.130. The normalized spacial score (nSPS) is 29.3. The molecule has 2 aliphatic heterocycles. The lowest BCUT2D eigenvalue weighted by Crippen LogP contribution is -2.54. The van der Waals surface area contributed by atoms with E-state index in [0.29, 0.717) is 32.2 Å². The maximum Gasteiger partial charge on any atom is 0.325 e. The van der Waals surface area contributed by atoms with Crippen LogP contribution in [0.15, 0.2) is 0 Å². The van der Waals surface area contributed by atoms with Gasteiger partial charge >= 0.3 is 6.03 Å². The van der Waals surface area contributed by atoms with E-state index in [2.05, 4.69) is 10.6 Å². The van der Waals surface area contributed by atoms with E-state index in [-0.39, 0.29) is 24.6 Å². The number of carbonyl (C=O) groups excluding carboxylic acids is 3. The van der Waals surface area contributed by atoms with E-state index in [4.69, 9.17) is 9.47 Å². The summed E-state index contributed by atoms with van der Waals surface area (Å²) in [5.74, 6) is -0.0569. The van der Waals surface area contributed by atoms with Gasteiger partial charge in [-0.15, -0.1) is 0 Å². The van der Waals surface area contributed by atoms with Crippen molar-refractivity contribution in [3.8, 4) is 0 Å². The molecule has 0 aromatic rings. The lowest BCUT2D eigenvalue weighted by Gasteiger charge is -2.35. The van der Waals surface area contributed by atoms with Gasteiger partial charge in [-0.2, -0.15) is 0 Å². The molecular weight excluding hydrogens is 326 g/mol. The maximum atomic E-state index is 12.4. The van der Waals surface area contributed by atoms with E-state index in [1.807, 2.05) is 0 Å². The van der Waals surface area contributed by atoms with Gasteiger partial charge < -0.3 is 19.7 Å². The Balaban J connectivity index is 1.53. The Morgan fingerprint density at radius 2 is 2.12 bits per heavy atom. The summed E-state index contributed by atoms with van der Waals surface area (Å²) < 4.78 is 11.4. The van der Waals surface area contributed by atoms with Crippen LogP contribution < -0.4 is 10.6 Å². The second kappa shape index (κ2) is 7.29. The summed E-state index contributed by atoms with van der Waals surface area (Å²) in [6.07, 6.45) is 4.19. The van der Waals surface area contributed by atoms with E-state index in [1.54, 1.807) is 13.8 Å². The average Bonchev–Trinajstić information content (AvgIpc) is 2.70. The maximum absolute atomic E-state index is 12.4. The highest BCUT2D eigenvalue weighted by molar-refractivity contribution is 6.07. The van der Waals surface area contributed by atoms with Gasteiger partial charge in [-0.05, 0) is 39.0 Å². The minimum absolute atomic E-state index is 0.134. The Morgan fingerprint density at radius 1 is 1.36 bits per heavy atom. The second-order valence-corrected chi connectivity index (χ2v) is 7.61. The summed E-state index contributed by atoms with van der Waals surface area (Å²) in [5, 5.41) is 5.20. The van der Waals surface area contributed by atoms with Crippen molar-refractivity contribution in [2.24, 2.45) is 5.92 Å². The van der Waals surface area contributed by atoms with Gasteiger partial charge in [-0.1, -0.05) is 6.42 Å². The highest BCUT2D eigenvalue weighted by Crippen LogP contribution is 2.27. The summed E-state index contributed by atoms with van der Waals surface area (Å²) in [4.78, 5) is 37.3. The van der Waals surface area contributed by atoms with Crippen LogP contribution in [0.1, 0.15) is 39.5 Å². The first-order valence-electron chi connectivity index (χ1n) is 8.99. The Hall–Kier alpha value is -1.67. The number of hydrogen-bond donors (Lipinski definition) is 2. The molecule has 0 bridgehead atoms. The van der Waals surface area contributed by atoms with E-state index in [0.717, 1.165) is 0 Å². The van der Waals surface area contributed by atoms with Gasteiger partial charge in [0.25, 0.3) is 5.91 Å². The predicted octanol–water partition coefficient (Wildman–Crippen LogP) is 0.407. The number of hydrogen-bond acceptors (Lipinski definition) is 5. The molecule has 2 N–H and O–H groups in total. The first-order chi connectivity index (χ1) is 11.9. The van der Waals surface area contributed by atoms with Crippen molar-refractivity contribution in [2.45, 2.75) is 57.2 Å². The van der Waals surface area contributed by atoms with Crippen LogP contribution in [0.3, 0.4) is 0 Å². The highest BCUT2D eigenvalue weighted by Gasteiger charge is 2.46. The van der Waals surface area contributed by atoms with Gasteiger partial charge in [0, 0.05) is 13.2 Å². The zero-order chi connectivity index (χ0) is 18.0. The Kier molecular flexibility index (Phi) is 5.29. The van der Waals surface area contributed by atoms with E-state index in [9.17, 15) is 14.4 Å². The molecule has 2 saturated heterocycles. The SMILES string of the molecule is CC1(C)C(=O)NC(=O)N1CC(=O)N[C@@H]1CCOC[C@H]1OCC1CCC1. The van der Waals surface area contributed by atoms with E-state index >= 15 is 0 Å². The molecule has 0 aromatic carbocycles. The molecule has 3 aliphatic rings. The number of urea groups is 1. The van der Waals surface area contributed by atoms with Crippen LogP contribution >= 0.6 is 0 Å². The topological polar surface area (TPSA) is 97.0 Å². The highest BCUT2D eigenvalue weighted by atomic mass is 16.5. The smallest absolute Gasteiger partial charge is 0.325 e. The van der Waals surface area contributed by atoms with Crippen molar-refractivity contribution in [3.63, 3.8) is 0 Å². The van der Waals surface area contributed by atoms with Crippen molar-refractivity contribution in [1.82, 2.24) is 15.5 Å². The van der Waals surface area contributed by atoms with Crippen LogP contribution in [0.5, 0.6) is 0 Å². The van der Waals surface area contributed by atoms with Gasteiger partial charge in [0.2, 0.25) is 5.91 Å². The third-order valence-corrected chi connectivity index (χ3v) is 5.42. The fraction of sp³-hybridized carbons (Fsp3) is 0.824. The molecule has 25 heavy (non-hydrogen) atoms. The fourth-order valence-corrected chi connectivity index (χ4v) is 3.32. The van der Waals surface area contributed by atoms with Crippen molar-refractivity contribution < 1.29 is 23.9 Å². The summed E-state index contributed by atoms with van der Waals surface area (Å²) in [6.45, 7) is 4.83. The average molecular weight is 353 g/mol. The zero-order valence-corrected chi connectivity index (χ0v) is 14.9. The summed E-state index contributed by atoms with van der Waals surface area (Å²) in [5.41, 5.74) is -1.02. The van der Waals surface area contributed by atoms with Gasteiger partial charge in [0.1, 0.15) is 18.2 Å². The first kappa shape index (κ1) is 18.1. The van der Waals surface area contributed by atoms with Crippen LogP contribution in [-0.2, 0) is 19.1 Å². The van der Waals surface area contributed by atoms with Crippen LogP contribution in [0.25, 0.3) is 0 Å². The van der Waals surface area contributed by atoms with Crippen molar-refractivity contribution in [1.29, 1.82) is 0 Å². The van der Waals surface area contributed by atoms with Gasteiger partial charge in [0.15, 0.2) is 0 Å². The molecule has 3 rings (SSSR count). The number of nitrogens with zero attached hydrogens (tertiary/aromatic N) is 1. The van der Waals surface area contributed by atoms with Crippen LogP contribution in [-0.4, -0.2) is 66.8 Å². The minimum atomic E-state index is -1.02. The summed E-state index contributed by atoms with van der Waals surface area (Å²) in [7, 11) is 0. The largest absolute Gasteiger partial charge is 0.379 e. The molecule has 1 saturated carbocycles. The summed E-state index contributed by atoms with van der Waals surface area (Å²) in [6, 6.07) is -0.666. The quantitative estimate of drug-likeness (QED) is 0.674. The van der Waals surface area contributed by atoms with Crippen LogP contribution in [0, 0.1) is 5.92 Å². The molecular formula is C17H27N3O5. The van der Waals surface area contributed by atoms with Crippen molar-refractivity contribution in [2.75, 3.05) is 26.4 Å². The molecule has 2 heterocycles. The van der Waals surface area contributed by atoms with Crippen molar-refractivity contribution >= 4 is 17.8 Å². The number of rotatable bonds is 6. The number of carbonyl (C=O) groups is 3. The molecule has 0 radical (unpaired) electrons. The Bertz CT molecular complexity index is 546. The molecule has 1 aliphatic carbocycles. The predicted molar refractivity (Wildman–Crippen MR) is 88.8 cm³/mol.